The van der Waals surface area contributed by atoms with E-state index in [9.17, 15) is 14.4 Å². The second-order valence-electron chi connectivity index (χ2n) is 7.64. The molecule has 1 saturated heterocycles. The molecule has 0 aromatic heterocycles. The molecule has 28 heavy (non-hydrogen) atoms. The molecule has 3 N–H and O–H groups in total. The van der Waals surface area contributed by atoms with Gasteiger partial charge in [-0.25, -0.2) is 4.79 Å². The number of benzene rings is 1. The fourth-order valence-electron chi connectivity index (χ4n) is 3.21. The summed E-state index contributed by atoms with van der Waals surface area (Å²) in [5.41, 5.74) is 0.916. The van der Waals surface area contributed by atoms with E-state index in [-0.39, 0.29) is 36.0 Å². The quantitative estimate of drug-likeness (QED) is 0.666. The topological polar surface area (TPSA) is 99.8 Å². The SMILES string of the molecule is COc1ccc(C(=O)NC2CC2)cc1NC(=O)N(C[C@H]1CCC(=O)N1)C(C)C. The maximum atomic E-state index is 12.9. The van der Waals surface area contributed by atoms with Crippen LogP contribution in [0, 0.1) is 0 Å². The number of urea groups is 1. The number of carbonyl (C=O) groups is 3. The molecule has 1 aliphatic carbocycles. The number of carbonyl (C=O) groups excluding carboxylic acids is 3. The lowest BCUT2D eigenvalue weighted by molar-refractivity contribution is -0.119. The number of anilines is 1. The highest BCUT2D eigenvalue weighted by Crippen LogP contribution is 2.27. The van der Waals surface area contributed by atoms with Gasteiger partial charge in [0.05, 0.1) is 12.8 Å². The van der Waals surface area contributed by atoms with Gasteiger partial charge in [-0.3, -0.25) is 9.59 Å². The summed E-state index contributed by atoms with van der Waals surface area (Å²) < 4.78 is 5.34. The Bertz CT molecular complexity index is 761. The van der Waals surface area contributed by atoms with Crippen LogP contribution in [-0.4, -0.2) is 54.5 Å². The first-order valence-corrected chi connectivity index (χ1v) is 9.73. The van der Waals surface area contributed by atoms with Gasteiger partial charge in [-0.1, -0.05) is 0 Å². The van der Waals surface area contributed by atoms with Gasteiger partial charge < -0.3 is 25.6 Å². The highest BCUT2D eigenvalue weighted by atomic mass is 16.5. The number of ether oxygens (including phenoxy) is 1. The fourth-order valence-corrected chi connectivity index (χ4v) is 3.21. The second-order valence-corrected chi connectivity index (χ2v) is 7.64. The zero-order valence-corrected chi connectivity index (χ0v) is 16.6. The zero-order valence-electron chi connectivity index (χ0n) is 16.6. The molecule has 3 rings (SSSR count). The van der Waals surface area contributed by atoms with Gasteiger partial charge in [0.25, 0.3) is 5.91 Å². The number of amides is 4. The minimum atomic E-state index is -0.297. The van der Waals surface area contributed by atoms with E-state index < -0.39 is 0 Å². The van der Waals surface area contributed by atoms with Gasteiger partial charge in [-0.15, -0.1) is 0 Å². The van der Waals surface area contributed by atoms with Gasteiger partial charge in [0.2, 0.25) is 5.91 Å². The zero-order chi connectivity index (χ0) is 20.3. The number of nitrogens with one attached hydrogen (secondary N) is 3. The van der Waals surface area contributed by atoms with Crippen LogP contribution in [0.5, 0.6) is 5.75 Å². The highest BCUT2D eigenvalue weighted by Gasteiger charge is 2.28. The summed E-state index contributed by atoms with van der Waals surface area (Å²) in [4.78, 5) is 38.3. The van der Waals surface area contributed by atoms with E-state index >= 15 is 0 Å². The van der Waals surface area contributed by atoms with Crippen molar-refractivity contribution in [2.75, 3.05) is 19.0 Å². The normalized spacial score (nSPS) is 18.6. The maximum Gasteiger partial charge on any atom is 0.322 e. The van der Waals surface area contributed by atoms with Gasteiger partial charge in [0, 0.05) is 36.7 Å². The van der Waals surface area contributed by atoms with Crippen LogP contribution >= 0.6 is 0 Å². The lowest BCUT2D eigenvalue weighted by atomic mass is 10.1. The third kappa shape index (κ3) is 4.94. The standard InChI is InChI=1S/C20H28N4O4/c1-12(2)24(11-15-7-9-18(25)21-15)20(27)23-16-10-13(4-8-17(16)28-3)19(26)22-14-5-6-14/h4,8,10,12,14-15H,5-7,9,11H2,1-3H3,(H,21,25)(H,22,26)(H,23,27)/t15-/m1/s1. The summed E-state index contributed by atoms with van der Waals surface area (Å²) in [5, 5.41) is 8.69. The van der Waals surface area contributed by atoms with Crippen molar-refractivity contribution in [1.29, 1.82) is 0 Å². The van der Waals surface area contributed by atoms with Gasteiger partial charge >= 0.3 is 6.03 Å². The van der Waals surface area contributed by atoms with Gasteiger partial charge in [0.1, 0.15) is 5.75 Å². The molecule has 4 amide bonds. The van der Waals surface area contributed by atoms with E-state index in [1.165, 1.54) is 7.11 Å². The van der Waals surface area contributed by atoms with Crippen molar-refractivity contribution in [3.8, 4) is 5.75 Å². The summed E-state index contributed by atoms with van der Waals surface area (Å²) in [6.07, 6.45) is 3.22. The molecule has 1 aromatic carbocycles. The molecule has 1 heterocycles. The van der Waals surface area contributed by atoms with Crippen LogP contribution in [0.3, 0.4) is 0 Å². The van der Waals surface area contributed by atoms with Crippen LogP contribution in [0.25, 0.3) is 0 Å². The minimum absolute atomic E-state index is 0.0187. The average molecular weight is 388 g/mol. The first kappa shape index (κ1) is 20.0. The molecule has 1 aliphatic heterocycles. The fraction of sp³-hybridized carbons (Fsp3) is 0.550. The van der Waals surface area contributed by atoms with Crippen LogP contribution in [0.1, 0.15) is 49.9 Å². The lowest BCUT2D eigenvalue weighted by Gasteiger charge is -2.29. The Labute approximate surface area is 165 Å². The van der Waals surface area contributed by atoms with Crippen molar-refractivity contribution in [2.24, 2.45) is 0 Å². The molecule has 0 unspecified atom stereocenters. The van der Waals surface area contributed by atoms with Gasteiger partial charge in [-0.05, 0) is 51.3 Å². The average Bonchev–Trinajstić information content (AvgIpc) is 3.37. The Balaban J connectivity index is 1.72. The third-order valence-corrected chi connectivity index (χ3v) is 5.00. The summed E-state index contributed by atoms with van der Waals surface area (Å²) in [5.74, 6) is 0.342. The summed E-state index contributed by atoms with van der Waals surface area (Å²) in [6.45, 7) is 4.28. The molecule has 1 saturated carbocycles. The monoisotopic (exact) mass is 388 g/mol. The molecular weight excluding hydrogens is 360 g/mol. The number of nitrogens with zero attached hydrogens (tertiary/aromatic N) is 1. The van der Waals surface area contributed by atoms with Crippen molar-refractivity contribution in [1.82, 2.24) is 15.5 Å². The van der Waals surface area contributed by atoms with Gasteiger partial charge in [0.15, 0.2) is 0 Å². The molecule has 8 nitrogen and oxygen atoms in total. The lowest BCUT2D eigenvalue weighted by Crippen LogP contribution is -2.47. The van der Waals surface area contributed by atoms with E-state index in [2.05, 4.69) is 16.0 Å². The molecule has 0 spiro atoms. The summed E-state index contributed by atoms with van der Waals surface area (Å²) in [6, 6.07) is 4.85. The molecule has 152 valence electrons. The smallest absolute Gasteiger partial charge is 0.322 e. The van der Waals surface area contributed by atoms with Crippen molar-refractivity contribution in [3.05, 3.63) is 23.8 Å². The maximum absolute atomic E-state index is 12.9. The van der Waals surface area contributed by atoms with Crippen molar-refractivity contribution < 1.29 is 19.1 Å². The van der Waals surface area contributed by atoms with E-state index in [1.807, 2.05) is 13.8 Å². The van der Waals surface area contributed by atoms with Gasteiger partial charge in [-0.2, -0.15) is 0 Å². The highest BCUT2D eigenvalue weighted by molar-refractivity contribution is 5.98. The summed E-state index contributed by atoms with van der Waals surface area (Å²) in [7, 11) is 1.52. The second kappa shape index (κ2) is 8.50. The van der Waals surface area contributed by atoms with Crippen molar-refractivity contribution in [2.45, 2.75) is 57.7 Å². The largest absolute Gasteiger partial charge is 0.495 e. The van der Waals surface area contributed by atoms with Crippen LogP contribution in [0.15, 0.2) is 18.2 Å². The van der Waals surface area contributed by atoms with Crippen molar-refractivity contribution in [3.63, 3.8) is 0 Å². The molecular formula is C20H28N4O4. The van der Waals surface area contributed by atoms with E-state index in [0.717, 1.165) is 19.3 Å². The number of hydrogen-bond donors (Lipinski definition) is 3. The molecule has 0 bridgehead atoms. The first-order chi connectivity index (χ1) is 13.4. The first-order valence-electron chi connectivity index (χ1n) is 9.73. The van der Waals surface area contributed by atoms with Crippen LogP contribution in [0.2, 0.25) is 0 Å². The van der Waals surface area contributed by atoms with Crippen molar-refractivity contribution >= 4 is 23.5 Å². The molecule has 2 aliphatic rings. The van der Waals surface area contributed by atoms with Crippen LogP contribution in [-0.2, 0) is 4.79 Å². The van der Waals surface area contributed by atoms with E-state index in [0.29, 0.717) is 30.0 Å². The number of hydrogen-bond acceptors (Lipinski definition) is 4. The summed E-state index contributed by atoms with van der Waals surface area (Å²) >= 11 is 0. The molecule has 0 radical (unpaired) electrons. The number of rotatable bonds is 7. The minimum Gasteiger partial charge on any atom is -0.495 e. The van der Waals surface area contributed by atoms with E-state index in [1.54, 1.807) is 23.1 Å². The predicted molar refractivity (Wildman–Crippen MR) is 106 cm³/mol. The Hall–Kier alpha value is -2.77. The Morgan fingerprint density at radius 1 is 1.29 bits per heavy atom. The molecule has 2 fully saturated rings. The van der Waals surface area contributed by atoms with Crippen LogP contribution < -0.4 is 20.7 Å². The molecule has 1 aromatic rings. The Kier molecular flexibility index (Phi) is 6.06. The predicted octanol–water partition coefficient (Wildman–Crippen LogP) is 2.11. The Morgan fingerprint density at radius 2 is 2.04 bits per heavy atom. The van der Waals surface area contributed by atoms with E-state index in [4.69, 9.17) is 4.74 Å². The Morgan fingerprint density at radius 3 is 2.61 bits per heavy atom. The molecule has 8 heteroatoms. The number of methoxy groups -OCH3 is 1. The molecule has 1 atom stereocenters. The third-order valence-electron chi connectivity index (χ3n) is 5.00. The van der Waals surface area contributed by atoms with Crippen LogP contribution in [0.4, 0.5) is 10.5 Å².